The number of likely N-dealkylation sites (tertiary alicyclic amines) is 1. The highest BCUT2D eigenvalue weighted by Crippen LogP contribution is 2.30. The van der Waals surface area contributed by atoms with E-state index >= 15 is 0 Å². The van der Waals surface area contributed by atoms with E-state index in [2.05, 4.69) is 45.9 Å². The van der Waals surface area contributed by atoms with Crippen LogP contribution in [0.3, 0.4) is 0 Å². The first-order chi connectivity index (χ1) is 15.2. The molecule has 0 bridgehead atoms. The number of aromatic nitrogens is 1. The number of nitrogens with zero attached hydrogens (tertiary/aromatic N) is 2. The van der Waals surface area contributed by atoms with Crippen LogP contribution in [0, 0.1) is 0 Å². The third-order valence-corrected chi connectivity index (χ3v) is 6.62. The molecule has 168 valence electrons. The summed E-state index contributed by atoms with van der Waals surface area (Å²) in [7, 11) is 1.71. The van der Waals surface area contributed by atoms with Gasteiger partial charge in [0.25, 0.3) is 0 Å². The fraction of sp³-hybridized carbons (Fsp3) is 0.600. The SMILES string of the molecule is COCCNc1nc([C@H]2CCCN(CC(=O)NC3CCCCC3)C2)cc2ccccc12. The molecule has 1 amide bonds. The third kappa shape index (κ3) is 5.95. The van der Waals surface area contributed by atoms with Gasteiger partial charge in [0.1, 0.15) is 5.82 Å². The smallest absolute Gasteiger partial charge is 0.234 e. The number of carbonyl (C=O) groups is 1. The van der Waals surface area contributed by atoms with Crippen LogP contribution in [0.2, 0.25) is 0 Å². The molecule has 1 aromatic heterocycles. The van der Waals surface area contributed by atoms with Gasteiger partial charge in [-0.3, -0.25) is 9.69 Å². The number of pyridine rings is 1. The predicted molar refractivity (Wildman–Crippen MR) is 126 cm³/mol. The first kappa shape index (κ1) is 22.0. The number of ether oxygens (including phenoxy) is 1. The lowest BCUT2D eigenvalue weighted by atomic mass is 9.93. The Morgan fingerprint density at radius 2 is 2.00 bits per heavy atom. The Morgan fingerprint density at radius 3 is 2.84 bits per heavy atom. The summed E-state index contributed by atoms with van der Waals surface area (Å²) in [5, 5.41) is 9.06. The van der Waals surface area contributed by atoms with E-state index in [4.69, 9.17) is 9.72 Å². The van der Waals surface area contributed by atoms with Gasteiger partial charge in [0.2, 0.25) is 5.91 Å². The molecule has 6 heteroatoms. The number of benzene rings is 1. The zero-order valence-corrected chi connectivity index (χ0v) is 18.7. The molecule has 1 aromatic carbocycles. The molecule has 2 aromatic rings. The average molecular weight is 425 g/mol. The molecule has 2 aliphatic rings. The number of amides is 1. The Kier molecular flexibility index (Phi) is 7.76. The van der Waals surface area contributed by atoms with Crippen molar-refractivity contribution in [2.24, 2.45) is 0 Å². The Morgan fingerprint density at radius 1 is 1.16 bits per heavy atom. The lowest BCUT2D eigenvalue weighted by Crippen LogP contribution is -2.45. The first-order valence-electron chi connectivity index (χ1n) is 11.9. The van der Waals surface area contributed by atoms with E-state index in [-0.39, 0.29) is 5.91 Å². The summed E-state index contributed by atoms with van der Waals surface area (Å²) in [5.74, 6) is 1.46. The Balaban J connectivity index is 1.42. The summed E-state index contributed by atoms with van der Waals surface area (Å²) in [6.45, 7) is 3.75. The van der Waals surface area contributed by atoms with Crippen molar-refractivity contribution in [3.63, 3.8) is 0 Å². The minimum absolute atomic E-state index is 0.181. The summed E-state index contributed by atoms with van der Waals surface area (Å²) in [6, 6.07) is 11.0. The van der Waals surface area contributed by atoms with Crippen molar-refractivity contribution < 1.29 is 9.53 Å². The monoisotopic (exact) mass is 424 g/mol. The number of carbonyl (C=O) groups excluding carboxylic acids is 1. The lowest BCUT2D eigenvalue weighted by molar-refractivity contribution is -0.123. The zero-order chi connectivity index (χ0) is 21.5. The van der Waals surface area contributed by atoms with Gasteiger partial charge in [-0.25, -0.2) is 4.98 Å². The van der Waals surface area contributed by atoms with E-state index in [9.17, 15) is 4.79 Å². The number of hydrogen-bond donors (Lipinski definition) is 2. The first-order valence-corrected chi connectivity index (χ1v) is 11.9. The van der Waals surface area contributed by atoms with Gasteiger partial charge in [0.05, 0.1) is 13.2 Å². The van der Waals surface area contributed by atoms with Gasteiger partial charge >= 0.3 is 0 Å². The second kappa shape index (κ2) is 10.9. The molecule has 1 saturated carbocycles. The minimum Gasteiger partial charge on any atom is -0.383 e. The van der Waals surface area contributed by atoms with E-state index in [1.165, 1.54) is 24.6 Å². The Labute approximate surface area is 185 Å². The Hall–Kier alpha value is -2.18. The zero-order valence-electron chi connectivity index (χ0n) is 18.7. The summed E-state index contributed by atoms with van der Waals surface area (Å²) in [4.78, 5) is 19.9. The second-order valence-electron chi connectivity index (χ2n) is 9.01. The minimum atomic E-state index is 0.181. The van der Waals surface area contributed by atoms with Crippen LogP contribution in [0.1, 0.15) is 56.6 Å². The number of rotatable bonds is 8. The van der Waals surface area contributed by atoms with Gasteiger partial charge in [-0.2, -0.15) is 0 Å². The highest BCUT2D eigenvalue weighted by atomic mass is 16.5. The van der Waals surface area contributed by atoms with E-state index < -0.39 is 0 Å². The van der Waals surface area contributed by atoms with E-state index in [0.717, 1.165) is 62.2 Å². The maximum absolute atomic E-state index is 12.6. The van der Waals surface area contributed by atoms with Gasteiger partial charge in [-0.1, -0.05) is 43.5 Å². The number of fused-ring (bicyclic) bond motifs is 1. The molecule has 0 radical (unpaired) electrons. The molecule has 4 rings (SSSR count). The van der Waals surface area contributed by atoms with Crippen LogP contribution in [0.5, 0.6) is 0 Å². The van der Waals surface area contributed by atoms with Crippen molar-refractivity contribution in [2.75, 3.05) is 45.2 Å². The standard InChI is InChI=1S/C25H36N4O2/c1-31-15-13-26-25-22-12-6-5-8-19(22)16-23(28-25)20-9-7-14-29(17-20)18-24(30)27-21-10-3-2-4-11-21/h5-6,8,12,16,20-21H,2-4,7,9-11,13-15,17-18H2,1H3,(H,26,28)(H,27,30)/t20-/m0/s1. The van der Waals surface area contributed by atoms with E-state index in [1.54, 1.807) is 7.11 Å². The summed E-state index contributed by atoms with van der Waals surface area (Å²) in [6.07, 6.45) is 8.27. The molecule has 1 aliphatic heterocycles. The predicted octanol–water partition coefficient (Wildman–Crippen LogP) is 3.92. The molecular weight excluding hydrogens is 388 g/mol. The van der Waals surface area contributed by atoms with Crippen LogP contribution in [-0.2, 0) is 9.53 Å². The van der Waals surface area contributed by atoms with Crippen molar-refractivity contribution in [1.82, 2.24) is 15.2 Å². The number of anilines is 1. The number of nitrogens with one attached hydrogen (secondary N) is 2. The normalized spacial score (nSPS) is 20.6. The maximum Gasteiger partial charge on any atom is 0.234 e. The molecule has 0 spiro atoms. The fourth-order valence-electron chi connectivity index (χ4n) is 5.00. The van der Waals surface area contributed by atoms with Crippen LogP contribution in [0.4, 0.5) is 5.82 Å². The van der Waals surface area contributed by atoms with Crippen molar-refractivity contribution in [3.8, 4) is 0 Å². The van der Waals surface area contributed by atoms with Crippen molar-refractivity contribution in [3.05, 3.63) is 36.0 Å². The quantitative estimate of drug-likeness (QED) is 0.629. The Bertz CT molecular complexity index is 866. The summed E-state index contributed by atoms with van der Waals surface area (Å²) in [5.41, 5.74) is 1.12. The molecule has 2 N–H and O–H groups in total. The van der Waals surface area contributed by atoms with Crippen molar-refractivity contribution in [2.45, 2.75) is 56.9 Å². The number of hydrogen-bond acceptors (Lipinski definition) is 5. The molecule has 1 aliphatic carbocycles. The van der Waals surface area contributed by atoms with Gasteiger partial charge < -0.3 is 15.4 Å². The summed E-state index contributed by atoms with van der Waals surface area (Å²) < 4.78 is 5.19. The highest BCUT2D eigenvalue weighted by Gasteiger charge is 2.25. The summed E-state index contributed by atoms with van der Waals surface area (Å²) >= 11 is 0. The molecule has 1 atom stereocenters. The highest BCUT2D eigenvalue weighted by molar-refractivity contribution is 5.92. The van der Waals surface area contributed by atoms with Crippen molar-refractivity contribution in [1.29, 1.82) is 0 Å². The van der Waals surface area contributed by atoms with Crippen LogP contribution < -0.4 is 10.6 Å². The van der Waals surface area contributed by atoms with Gasteiger partial charge in [0, 0.05) is 43.2 Å². The topological polar surface area (TPSA) is 66.5 Å². The second-order valence-corrected chi connectivity index (χ2v) is 9.01. The van der Waals surface area contributed by atoms with Crippen LogP contribution in [0.25, 0.3) is 10.8 Å². The maximum atomic E-state index is 12.6. The van der Waals surface area contributed by atoms with Gasteiger partial charge in [-0.05, 0) is 43.7 Å². The molecular formula is C25H36N4O2. The molecule has 6 nitrogen and oxygen atoms in total. The van der Waals surface area contributed by atoms with E-state index in [1.807, 2.05) is 0 Å². The van der Waals surface area contributed by atoms with Crippen LogP contribution >= 0.6 is 0 Å². The average Bonchev–Trinajstić information content (AvgIpc) is 2.80. The largest absolute Gasteiger partial charge is 0.383 e. The number of methoxy groups -OCH3 is 1. The van der Waals surface area contributed by atoms with Gasteiger partial charge in [0.15, 0.2) is 0 Å². The van der Waals surface area contributed by atoms with Crippen molar-refractivity contribution >= 4 is 22.5 Å². The molecule has 31 heavy (non-hydrogen) atoms. The lowest BCUT2D eigenvalue weighted by Gasteiger charge is -2.33. The molecule has 0 unspecified atom stereocenters. The fourth-order valence-corrected chi connectivity index (χ4v) is 5.00. The molecule has 2 heterocycles. The molecule has 2 fully saturated rings. The number of piperidine rings is 1. The van der Waals surface area contributed by atoms with Crippen LogP contribution in [-0.4, -0.2) is 61.7 Å². The third-order valence-electron chi connectivity index (χ3n) is 6.62. The van der Waals surface area contributed by atoms with Gasteiger partial charge in [-0.15, -0.1) is 0 Å². The molecule has 1 saturated heterocycles. The van der Waals surface area contributed by atoms with E-state index in [0.29, 0.717) is 25.1 Å². The van der Waals surface area contributed by atoms with Crippen LogP contribution in [0.15, 0.2) is 30.3 Å².